The van der Waals surface area contributed by atoms with Crippen LogP contribution in [0.1, 0.15) is 13.3 Å². The molecule has 0 amide bonds. The Hall–Kier alpha value is -0.640. The van der Waals surface area contributed by atoms with E-state index in [9.17, 15) is 8.42 Å². The van der Waals surface area contributed by atoms with Crippen LogP contribution in [0.2, 0.25) is 0 Å². The number of nitrogens with zero attached hydrogens (tertiary/aromatic N) is 2. The second-order valence-corrected chi connectivity index (χ2v) is 5.78. The molecule has 2 atom stereocenters. The Balaban J connectivity index is 2.71. The number of nitriles is 1. The number of methoxy groups -OCH3 is 1. The third-order valence-electron chi connectivity index (χ3n) is 2.80. The van der Waals surface area contributed by atoms with Crippen molar-refractivity contribution in [1.82, 2.24) is 4.31 Å². The number of hydrogen-bond acceptors (Lipinski definition) is 4. The summed E-state index contributed by atoms with van der Waals surface area (Å²) in [4.78, 5) is 0. The first-order chi connectivity index (χ1) is 7.01. The van der Waals surface area contributed by atoms with Gasteiger partial charge in [0.2, 0.25) is 10.0 Å². The van der Waals surface area contributed by atoms with Crippen molar-refractivity contribution in [2.45, 2.75) is 19.4 Å². The van der Waals surface area contributed by atoms with Crippen molar-refractivity contribution in [3.8, 4) is 6.07 Å². The minimum atomic E-state index is -3.41. The van der Waals surface area contributed by atoms with Gasteiger partial charge >= 0.3 is 0 Å². The summed E-state index contributed by atoms with van der Waals surface area (Å²) >= 11 is 0. The molecule has 0 N–H and O–H groups in total. The minimum Gasteiger partial charge on any atom is -0.380 e. The molecule has 1 heterocycles. The zero-order chi connectivity index (χ0) is 11.5. The first-order valence-electron chi connectivity index (χ1n) is 4.89. The molecule has 5 nitrogen and oxygen atoms in total. The summed E-state index contributed by atoms with van der Waals surface area (Å²) in [6.45, 7) is 2.90. The van der Waals surface area contributed by atoms with E-state index in [1.165, 1.54) is 4.31 Å². The fourth-order valence-electron chi connectivity index (χ4n) is 1.74. The van der Waals surface area contributed by atoms with Crippen molar-refractivity contribution in [3.63, 3.8) is 0 Å². The van der Waals surface area contributed by atoms with Crippen LogP contribution in [0.4, 0.5) is 0 Å². The Labute approximate surface area is 90.7 Å². The number of sulfonamides is 1. The average Bonchev–Trinajstić information content (AvgIpc) is 2.18. The highest BCUT2D eigenvalue weighted by Crippen LogP contribution is 2.21. The maximum Gasteiger partial charge on any atom is 0.227 e. The molecule has 15 heavy (non-hydrogen) atoms. The van der Waals surface area contributed by atoms with Crippen LogP contribution in [0.25, 0.3) is 0 Å². The molecule has 0 saturated carbocycles. The lowest BCUT2D eigenvalue weighted by atomic mass is 9.97. The van der Waals surface area contributed by atoms with Gasteiger partial charge in [0, 0.05) is 20.2 Å². The molecular weight excluding hydrogens is 216 g/mol. The standard InChI is InChI=1S/C9H16N2O3S/c1-8-3-5-11(7-9(8)14-2)15(12,13)6-4-10/h8-9H,3,5-7H2,1-2H3. The third kappa shape index (κ3) is 2.91. The normalized spacial score (nSPS) is 28.6. The lowest BCUT2D eigenvalue weighted by Crippen LogP contribution is -2.47. The van der Waals surface area contributed by atoms with E-state index in [0.29, 0.717) is 19.0 Å². The summed E-state index contributed by atoms with van der Waals surface area (Å²) in [6.07, 6.45) is 0.718. The quantitative estimate of drug-likeness (QED) is 0.696. The molecule has 6 heteroatoms. The zero-order valence-electron chi connectivity index (χ0n) is 9.01. The molecule has 86 valence electrons. The van der Waals surface area contributed by atoms with E-state index in [4.69, 9.17) is 10.00 Å². The largest absolute Gasteiger partial charge is 0.380 e. The molecule has 0 aliphatic carbocycles. The minimum absolute atomic E-state index is 0.0628. The van der Waals surface area contributed by atoms with Crippen LogP contribution in [-0.2, 0) is 14.8 Å². The van der Waals surface area contributed by atoms with Crippen molar-refractivity contribution in [1.29, 1.82) is 5.26 Å². The molecule has 2 unspecified atom stereocenters. The first kappa shape index (κ1) is 12.4. The molecule has 1 saturated heterocycles. The van der Waals surface area contributed by atoms with Crippen molar-refractivity contribution in [3.05, 3.63) is 0 Å². The van der Waals surface area contributed by atoms with E-state index in [-0.39, 0.29) is 6.10 Å². The van der Waals surface area contributed by atoms with Crippen molar-refractivity contribution in [2.75, 3.05) is 26.0 Å². The lowest BCUT2D eigenvalue weighted by molar-refractivity contribution is 0.0184. The topological polar surface area (TPSA) is 70.4 Å². The van der Waals surface area contributed by atoms with Gasteiger partial charge in [-0.05, 0) is 12.3 Å². The van der Waals surface area contributed by atoms with Gasteiger partial charge in [-0.3, -0.25) is 0 Å². The maximum atomic E-state index is 11.6. The summed E-state index contributed by atoms with van der Waals surface area (Å²) < 4.78 is 29.8. The van der Waals surface area contributed by atoms with E-state index >= 15 is 0 Å². The number of piperidine rings is 1. The monoisotopic (exact) mass is 232 g/mol. The summed E-state index contributed by atoms with van der Waals surface area (Å²) in [6, 6.07) is 1.68. The van der Waals surface area contributed by atoms with Gasteiger partial charge in [0.25, 0.3) is 0 Å². The van der Waals surface area contributed by atoms with E-state index < -0.39 is 15.8 Å². The molecular formula is C9H16N2O3S. The molecule has 0 aromatic heterocycles. The second kappa shape index (κ2) is 4.92. The second-order valence-electron chi connectivity index (χ2n) is 3.81. The van der Waals surface area contributed by atoms with Crippen LogP contribution in [0.5, 0.6) is 0 Å². The predicted molar refractivity (Wildman–Crippen MR) is 55.6 cm³/mol. The molecule has 1 fully saturated rings. The van der Waals surface area contributed by atoms with Gasteiger partial charge in [0.1, 0.15) is 0 Å². The van der Waals surface area contributed by atoms with E-state index in [0.717, 1.165) is 6.42 Å². The van der Waals surface area contributed by atoms with Crippen LogP contribution in [0.15, 0.2) is 0 Å². The fourth-order valence-corrected chi connectivity index (χ4v) is 2.84. The van der Waals surface area contributed by atoms with Crippen molar-refractivity contribution >= 4 is 10.0 Å². The van der Waals surface area contributed by atoms with E-state index in [1.807, 2.05) is 6.92 Å². The number of rotatable bonds is 3. The van der Waals surface area contributed by atoms with Gasteiger partial charge in [-0.1, -0.05) is 6.92 Å². The van der Waals surface area contributed by atoms with E-state index in [1.54, 1.807) is 13.2 Å². The highest BCUT2D eigenvalue weighted by molar-refractivity contribution is 7.89. The SMILES string of the molecule is COC1CN(S(=O)(=O)CC#N)CCC1C. The van der Waals surface area contributed by atoms with Gasteiger partial charge in [-0.15, -0.1) is 0 Å². The average molecular weight is 232 g/mol. The fraction of sp³-hybridized carbons (Fsp3) is 0.889. The first-order valence-corrected chi connectivity index (χ1v) is 6.49. The highest BCUT2D eigenvalue weighted by Gasteiger charge is 2.32. The molecule has 0 aromatic carbocycles. The summed E-state index contributed by atoms with van der Waals surface area (Å²) in [5.41, 5.74) is 0. The van der Waals surface area contributed by atoms with Gasteiger partial charge in [-0.2, -0.15) is 9.57 Å². The highest BCUT2D eigenvalue weighted by atomic mass is 32.2. The maximum absolute atomic E-state index is 11.6. The summed E-state index contributed by atoms with van der Waals surface area (Å²) in [5, 5.41) is 8.42. The molecule has 1 aliphatic rings. The zero-order valence-corrected chi connectivity index (χ0v) is 9.83. The Morgan fingerprint density at radius 2 is 2.27 bits per heavy atom. The summed E-state index contributed by atoms with van der Waals surface area (Å²) in [7, 11) is -1.82. The molecule has 0 aromatic rings. The van der Waals surface area contributed by atoms with Crippen LogP contribution in [0.3, 0.4) is 0 Å². The van der Waals surface area contributed by atoms with Crippen LogP contribution in [0, 0.1) is 17.2 Å². The van der Waals surface area contributed by atoms with Gasteiger partial charge in [-0.25, -0.2) is 8.42 Å². The predicted octanol–water partition coefficient (Wildman–Crippen LogP) is 0.197. The van der Waals surface area contributed by atoms with Gasteiger partial charge in [0.05, 0.1) is 12.2 Å². The summed E-state index contributed by atoms with van der Waals surface area (Å²) in [5.74, 6) is -0.0822. The van der Waals surface area contributed by atoms with Crippen LogP contribution >= 0.6 is 0 Å². The molecule has 0 spiro atoms. The molecule has 0 bridgehead atoms. The Bertz CT molecular complexity index is 347. The smallest absolute Gasteiger partial charge is 0.227 e. The number of ether oxygens (including phenoxy) is 1. The Kier molecular flexibility index (Phi) is 4.08. The molecule has 1 aliphatic heterocycles. The van der Waals surface area contributed by atoms with E-state index in [2.05, 4.69) is 0 Å². The van der Waals surface area contributed by atoms with Gasteiger partial charge in [0.15, 0.2) is 5.75 Å². The van der Waals surface area contributed by atoms with Crippen molar-refractivity contribution < 1.29 is 13.2 Å². The van der Waals surface area contributed by atoms with Gasteiger partial charge < -0.3 is 4.74 Å². The Morgan fingerprint density at radius 3 is 2.80 bits per heavy atom. The Morgan fingerprint density at radius 1 is 1.60 bits per heavy atom. The molecule has 0 radical (unpaired) electrons. The van der Waals surface area contributed by atoms with Crippen LogP contribution < -0.4 is 0 Å². The van der Waals surface area contributed by atoms with Crippen LogP contribution in [-0.4, -0.2) is 44.8 Å². The molecule has 1 rings (SSSR count). The third-order valence-corrected chi connectivity index (χ3v) is 4.41. The lowest BCUT2D eigenvalue weighted by Gasteiger charge is -2.34. The van der Waals surface area contributed by atoms with Crippen molar-refractivity contribution in [2.24, 2.45) is 5.92 Å². The number of hydrogen-bond donors (Lipinski definition) is 0.